The predicted molar refractivity (Wildman–Crippen MR) is 135 cm³/mol. The Hall–Kier alpha value is -3.69. The number of carbonyl (C=O) groups is 2. The molecule has 2 fully saturated rings. The largest absolute Gasteiger partial charge is 0.368 e. The molecular formula is C25H32N8O2. The van der Waals surface area contributed by atoms with Crippen molar-refractivity contribution in [1.82, 2.24) is 29.3 Å². The molecule has 4 heterocycles. The average Bonchev–Trinajstić information content (AvgIpc) is 3.60. The minimum absolute atomic E-state index is 0.247. The van der Waals surface area contributed by atoms with Crippen LogP contribution in [0.2, 0.25) is 0 Å². The number of anilines is 2. The number of para-hydroxylation sites is 1. The second-order valence-corrected chi connectivity index (χ2v) is 9.05. The van der Waals surface area contributed by atoms with Crippen LogP contribution in [0.15, 0.2) is 36.7 Å². The lowest BCUT2D eigenvalue weighted by Crippen LogP contribution is -2.27. The van der Waals surface area contributed by atoms with Crippen molar-refractivity contribution in [2.24, 2.45) is 0 Å². The standard InChI is InChI=1S/C25H32N8O2/c34-20-10-4-14-31(20)16-6-12-26-23-22-24(33(18-28-22)19-8-2-1-3-9-19)30-25(29-23)27-13-7-17-32-15-5-11-21(32)35/h1-3,8-9,18H,4-7,10-17H2,(H2,26,27,29,30). The van der Waals surface area contributed by atoms with Crippen molar-refractivity contribution in [2.45, 2.75) is 38.5 Å². The number of nitrogens with one attached hydrogen (secondary N) is 2. The molecule has 2 saturated heterocycles. The summed E-state index contributed by atoms with van der Waals surface area (Å²) in [6.45, 7) is 4.56. The highest BCUT2D eigenvalue weighted by Crippen LogP contribution is 2.24. The quantitative estimate of drug-likeness (QED) is 0.410. The van der Waals surface area contributed by atoms with Crippen LogP contribution in [-0.2, 0) is 9.59 Å². The summed E-state index contributed by atoms with van der Waals surface area (Å²) in [7, 11) is 0. The van der Waals surface area contributed by atoms with Gasteiger partial charge in [-0.05, 0) is 37.8 Å². The van der Waals surface area contributed by atoms with Gasteiger partial charge in [0, 0.05) is 57.8 Å². The maximum atomic E-state index is 11.9. The van der Waals surface area contributed by atoms with Gasteiger partial charge in [-0.1, -0.05) is 18.2 Å². The summed E-state index contributed by atoms with van der Waals surface area (Å²) in [5.41, 5.74) is 2.41. The third kappa shape index (κ3) is 5.36. The van der Waals surface area contributed by atoms with Gasteiger partial charge in [-0.3, -0.25) is 14.2 Å². The van der Waals surface area contributed by atoms with Crippen LogP contribution in [0.4, 0.5) is 11.8 Å². The van der Waals surface area contributed by atoms with E-state index in [0.29, 0.717) is 43.2 Å². The number of hydrogen-bond donors (Lipinski definition) is 2. The lowest BCUT2D eigenvalue weighted by atomic mass is 10.3. The smallest absolute Gasteiger partial charge is 0.226 e. The number of imidazole rings is 1. The van der Waals surface area contributed by atoms with E-state index in [0.717, 1.165) is 63.2 Å². The molecule has 0 radical (unpaired) electrons. The van der Waals surface area contributed by atoms with Gasteiger partial charge in [0.2, 0.25) is 17.8 Å². The molecule has 0 saturated carbocycles. The zero-order valence-electron chi connectivity index (χ0n) is 19.9. The molecule has 35 heavy (non-hydrogen) atoms. The third-order valence-corrected chi connectivity index (χ3v) is 6.56. The fourth-order valence-electron chi connectivity index (χ4n) is 4.71. The van der Waals surface area contributed by atoms with E-state index in [1.807, 2.05) is 44.7 Å². The number of carbonyl (C=O) groups excluding carboxylic acids is 2. The highest BCUT2D eigenvalue weighted by molar-refractivity contribution is 5.85. The molecule has 5 rings (SSSR count). The molecule has 2 N–H and O–H groups in total. The van der Waals surface area contributed by atoms with E-state index in [9.17, 15) is 9.59 Å². The summed E-state index contributed by atoms with van der Waals surface area (Å²) in [6, 6.07) is 9.99. The average molecular weight is 477 g/mol. The molecule has 0 aliphatic carbocycles. The highest BCUT2D eigenvalue weighted by Gasteiger charge is 2.20. The molecule has 2 aromatic heterocycles. The third-order valence-electron chi connectivity index (χ3n) is 6.56. The van der Waals surface area contributed by atoms with E-state index < -0.39 is 0 Å². The lowest BCUT2D eigenvalue weighted by Gasteiger charge is -2.16. The van der Waals surface area contributed by atoms with E-state index in [4.69, 9.17) is 9.97 Å². The predicted octanol–water partition coefficient (Wildman–Crippen LogP) is 2.66. The zero-order valence-corrected chi connectivity index (χ0v) is 19.9. The van der Waals surface area contributed by atoms with Crippen LogP contribution < -0.4 is 10.6 Å². The second kappa shape index (κ2) is 10.7. The number of fused-ring (bicyclic) bond motifs is 1. The molecule has 0 spiro atoms. The maximum absolute atomic E-state index is 11.9. The van der Waals surface area contributed by atoms with Crippen LogP contribution in [0.5, 0.6) is 0 Å². The van der Waals surface area contributed by atoms with Crippen LogP contribution >= 0.6 is 0 Å². The van der Waals surface area contributed by atoms with E-state index in [1.54, 1.807) is 6.33 Å². The Balaban J connectivity index is 1.29. The van der Waals surface area contributed by atoms with Crippen LogP contribution in [-0.4, -0.2) is 80.4 Å². The lowest BCUT2D eigenvalue weighted by molar-refractivity contribution is -0.128. The van der Waals surface area contributed by atoms with Crippen LogP contribution in [0.1, 0.15) is 38.5 Å². The van der Waals surface area contributed by atoms with Crippen molar-refractivity contribution < 1.29 is 9.59 Å². The Morgan fingerprint density at radius 3 is 2.11 bits per heavy atom. The molecule has 1 aromatic carbocycles. The molecule has 2 aliphatic heterocycles. The van der Waals surface area contributed by atoms with Crippen molar-refractivity contribution in [3.05, 3.63) is 36.7 Å². The SMILES string of the molecule is O=C1CCCN1CCCNc1nc(NCCCN2CCCC2=O)c2ncn(-c3ccccc3)c2n1. The Kier molecular flexibility index (Phi) is 7.06. The van der Waals surface area contributed by atoms with E-state index >= 15 is 0 Å². The fraction of sp³-hybridized carbons (Fsp3) is 0.480. The first-order valence-corrected chi connectivity index (χ1v) is 12.5. The summed E-state index contributed by atoms with van der Waals surface area (Å²) < 4.78 is 1.96. The van der Waals surface area contributed by atoms with E-state index in [1.165, 1.54) is 0 Å². The van der Waals surface area contributed by atoms with Crippen LogP contribution in [0.25, 0.3) is 16.9 Å². The molecule has 10 heteroatoms. The molecule has 10 nitrogen and oxygen atoms in total. The molecule has 184 valence electrons. The molecular weight excluding hydrogens is 444 g/mol. The second-order valence-electron chi connectivity index (χ2n) is 9.05. The summed E-state index contributed by atoms with van der Waals surface area (Å²) in [5, 5.41) is 6.75. The summed E-state index contributed by atoms with van der Waals surface area (Å²) >= 11 is 0. The van der Waals surface area contributed by atoms with Crippen LogP contribution in [0.3, 0.4) is 0 Å². The number of aromatic nitrogens is 4. The zero-order chi connectivity index (χ0) is 24.0. The first kappa shape index (κ1) is 23.1. The van der Waals surface area contributed by atoms with Crippen molar-refractivity contribution in [3.8, 4) is 5.69 Å². The van der Waals surface area contributed by atoms with Crippen molar-refractivity contribution in [2.75, 3.05) is 49.9 Å². The maximum Gasteiger partial charge on any atom is 0.226 e. The minimum Gasteiger partial charge on any atom is -0.368 e. The summed E-state index contributed by atoms with van der Waals surface area (Å²) in [4.78, 5) is 41.6. The van der Waals surface area contributed by atoms with Crippen molar-refractivity contribution in [1.29, 1.82) is 0 Å². The Morgan fingerprint density at radius 1 is 0.829 bits per heavy atom. The number of nitrogens with zero attached hydrogens (tertiary/aromatic N) is 6. The monoisotopic (exact) mass is 476 g/mol. The van der Waals surface area contributed by atoms with Gasteiger partial charge in [0.1, 0.15) is 6.33 Å². The van der Waals surface area contributed by atoms with E-state index in [2.05, 4.69) is 15.6 Å². The topological polar surface area (TPSA) is 108 Å². The number of likely N-dealkylation sites (tertiary alicyclic amines) is 2. The van der Waals surface area contributed by atoms with Gasteiger partial charge in [0.05, 0.1) is 0 Å². The van der Waals surface area contributed by atoms with Gasteiger partial charge < -0.3 is 20.4 Å². The molecule has 2 aliphatic rings. The normalized spacial score (nSPS) is 16.0. The van der Waals surface area contributed by atoms with Crippen molar-refractivity contribution in [3.63, 3.8) is 0 Å². The minimum atomic E-state index is 0.247. The molecule has 0 bridgehead atoms. The van der Waals surface area contributed by atoms with E-state index in [-0.39, 0.29) is 11.8 Å². The van der Waals surface area contributed by atoms with Crippen LogP contribution in [0, 0.1) is 0 Å². The van der Waals surface area contributed by atoms with Gasteiger partial charge in [-0.15, -0.1) is 0 Å². The molecule has 3 aromatic rings. The van der Waals surface area contributed by atoms with Gasteiger partial charge in [-0.25, -0.2) is 4.98 Å². The molecule has 0 atom stereocenters. The van der Waals surface area contributed by atoms with Crippen molar-refractivity contribution >= 4 is 34.7 Å². The van der Waals surface area contributed by atoms with Gasteiger partial charge in [0.15, 0.2) is 17.0 Å². The molecule has 0 unspecified atom stereocenters. The van der Waals surface area contributed by atoms with Gasteiger partial charge in [-0.2, -0.15) is 9.97 Å². The number of amides is 2. The Morgan fingerprint density at radius 2 is 1.49 bits per heavy atom. The molecule has 2 amide bonds. The van der Waals surface area contributed by atoms with Gasteiger partial charge >= 0.3 is 0 Å². The number of hydrogen-bond acceptors (Lipinski definition) is 7. The fourth-order valence-corrected chi connectivity index (χ4v) is 4.71. The Bertz CT molecular complexity index is 1180. The number of rotatable bonds is 11. The Labute approximate surface area is 204 Å². The number of benzene rings is 1. The summed E-state index contributed by atoms with van der Waals surface area (Å²) in [5.74, 6) is 1.70. The first-order valence-electron chi connectivity index (χ1n) is 12.5. The first-order chi connectivity index (χ1) is 17.2. The highest BCUT2D eigenvalue weighted by atomic mass is 16.2. The summed E-state index contributed by atoms with van der Waals surface area (Å²) in [6.07, 6.45) is 6.68. The van der Waals surface area contributed by atoms with Gasteiger partial charge in [0.25, 0.3) is 0 Å².